The molecule has 0 bridgehead atoms. The number of anilines is 3. The van der Waals surface area contributed by atoms with Crippen LogP contribution < -0.4 is 23.3 Å². The number of aromatic nitrogens is 2. The van der Waals surface area contributed by atoms with Gasteiger partial charge in [-0.1, -0.05) is 0 Å². The van der Waals surface area contributed by atoms with Gasteiger partial charge in [0.2, 0.25) is 0 Å². The number of ether oxygens (including phenoxy) is 1. The first-order chi connectivity index (χ1) is 19.0. The van der Waals surface area contributed by atoms with Crippen molar-refractivity contribution in [3.05, 3.63) is 103 Å². The second-order valence-corrected chi connectivity index (χ2v) is 20.1. The van der Waals surface area contributed by atoms with Crippen molar-refractivity contribution in [2.24, 2.45) is 0 Å². The van der Waals surface area contributed by atoms with Gasteiger partial charge in [0.1, 0.15) is 0 Å². The van der Waals surface area contributed by atoms with Crippen molar-refractivity contribution in [3.63, 3.8) is 0 Å². The van der Waals surface area contributed by atoms with E-state index in [-0.39, 0.29) is 0 Å². The summed E-state index contributed by atoms with van der Waals surface area (Å²) < 4.78 is 11.9. The van der Waals surface area contributed by atoms with Gasteiger partial charge < -0.3 is 0 Å². The number of hydrogen-bond acceptors (Lipinski definition) is 4. The number of benzene rings is 4. The van der Waals surface area contributed by atoms with Crippen molar-refractivity contribution >= 4 is 60.9 Å². The molecule has 0 spiro atoms. The van der Waals surface area contributed by atoms with E-state index in [4.69, 9.17) is 4.74 Å². The zero-order valence-electron chi connectivity index (χ0n) is 22.2. The molecule has 2 aromatic heterocycles. The molecule has 4 heterocycles. The maximum atomic E-state index is 6.58. The Balaban J connectivity index is 1.24. The molecule has 0 N–H and O–H groups in total. The molecule has 0 saturated carbocycles. The molecule has 0 unspecified atom stereocenters. The van der Waals surface area contributed by atoms with Crippen molar-refractivity contribution in [2.45, 2.75) is 11.5 Å². The van der Waals surface area contributed by atoms with Gasteiger partial charge in [0.25, 0.3) is 0 Å². The first kappa shape index (κ1) is 22.7. The molecule has 8 rings (SSSR count). The normalized spacial score (nSPS) is 15.1. The number of pyridine rings is 1. The fourth-order valence-electron chi connectivity index (χ4n) is 6.54. The molecule has 0 fully saturated rings. The number of hydrogen-bond donors (Lipinski definition) is 0. The van der Waals surface area contributed by atoms with Gasteiger partial charge in [0, 0.05) is 0 Å². The van der Waals surface area contributed by atoms with Crippen LogP contribution in [0.4, 0.5) is 17.1 Å². The van der Waals surface area contributed by atoms with Crippen LogP contribution in [0.1, 0.15) is 0 Å². The summed E-state index contributed by atoms with van der Waals surface area (Å²) in [5.41, 5.74) is 6.25. The zero-order valence-corrected chi connectivity index (χ0v) is 24.3. The van der Waals surface area contributed by atoms with Gasteiger partial charge in [0.05, 0.1) is 0 Å². The molecule has 4 aromatic carbocycles. The molecular formula is C33H28GeN4O. The fourth-order valence-corrected chi connectivity index (χ4v) is 12.8. The number of nitrogens with zero attached hydrogens (tertiary/aromatic N) is 4. The van der Waals surface area contributed by atoms with Crippen LogP contribution in [-0.2, 0) is 0 Å². The van der Waals surface area contributed by atoms with E-state index in [0.29, 0.717) is 0 Å². The molecule has 2 aliphatic rings. The van der Waals surface area contributed by atoms with E-state index in [1.54, 1.807) is 4.40 Å². The van der Waals surface area contributed by atoms with Crippen LogP contribution in [0.3, 0.4) is 0 Å². The van der Waals surface area contributed by atoms with Gasteiger partial charge in [-0.3, -0.25) is 0 Å². The molecule has 39 heavy (non-hydrogen) atoms. The number of para-hydroxylation sites is 2. The summed E-state index contributed by atoms with van der Waals surface area (Å²) >= 11 is -2.46. The van der Waals surface area contributed by atoms with Crippen molar-refractivity contribution in [1.82, 2.24) is 9.55 Å². The third-order valence-corrected chi connectivity index (χ3v) is 15.8. The van der Waals surface area contributed by atoms with Gasteiger partial charge in [-0.15, -0.1) is 0 Å². The number of rotatable bonds is 3. The Hall–Kier alpha value is -4.23. The van der Waals surface area contributed by atoms with Gasteiger partial charge in [0.15, 0.2) is 0 Å². The monoisotopic (exact) mass is 570 g/mol. The van der Waals surface area contributed by atoms with Crippen LogP contribution in [0.25, 0.3) is 27.6 Å². The Bertz CT molecular complexity index is 1930. The van der Waals surface area contributed by atoms with Gasteiger partial charge >= 0.3 is 225 Å². The van der Waals surface area contributed by atoms with Crippen LogP contribution in [0, 0.1) is 0 Å². The molecule has 5 nitrogen and oxygen atoms in total. The first-order valence-corrected chi connectivity index (χ1v) is 19.7. The zero-order chi connectivity index (χ0) is 26.3. The second-order valence-electron chi connectivity index (χ2n) is 11.1. The molecule has 0 atom stereocenters. The third-order valence-electron chi connectivity index (χ3n) is 8.42. The quantitative estimate of drug-likeness (QED) is 0.224. The minimum atomic E-state index is -2.46. The molecule has 0 radical (unpaired) electrons. The predicted molar refractivity (Wildman–Crippen MR) is 164 cm³/mol. The summed E-state index contributed by atoms with van der Waals surface area (Å²) in [4.78, 5) is 9.49. The summed E-state index contributed by atoms with van der Waals surface area (Å²) in [6.45, 7) is 0.858. The van der Waals surface area contributed by atoms with E-state index < -0.39 is 13.3 Å². The van der Waals surface area contributed by atoms with Crippen molar-refractivity contribution in [2.75, 3.05) is 23.5 Å². The molecule has 0 aliphatic carbocycles. The first-order valence-electron chi connectivity index (χ1n) is 13.4. The van der Waals surface area contributed by atoms with Gasteiger partial charge in [-0.25, -0.2) is 0 Å². The van der Waals surface area contributed by atoms with E-state index in [1.807, 2.05) is 18.3 Å². The Morgan fingerprint density at radius 2 is 1.51 bits per heavy atom. The van der Waals surface area contributed by atoms with Crippen molar-refractivity contribution in [3.8, 4) is 17.3 Å². The van der Waals surface area contributed by atoms with Crippen LogP contribution in [0.5, 0.6) is 11.5 Å². The maximum absolute atomic E-state index is 6.58. The van der Waals surface area contributed by atoms with E-state index in [1.165, 1.54) is 32.2 Å². The third kappa shape index (κ3) is 3.23. The molecule has 0 amide bonds. The molecular weight excluding hydrogens is 541 g/mol. The molecule has 6 heteroatoms. The second kappa shape index (κ2) is 8.14. The van der Waals surface area contributed by atoms with Crippen LogP contribution in [-0.4, -0.2) is 36.5 Å². The summed E-state index contributed by atoms with van der Waals surface area (Å²) in [5, 5.41) is 2.40. The van der Waals surface area contributed by atoms with E-state index >= 15 is 0 Å². The Kier molecular flexibility index (Phi) is 4.74. The molecule has 2 aliphatic heterocycles. The van der Waals surface area contributed by atoms with E-state index in [2.05, 4.69) is 123 Å². The summed E-state index contributed by atoms with van der Waals surface area (Å²) in [5.74, 6) is 7.60. The molecule has 0 saturated heterocycles. The standard InChI is InChI=1S/C33H28GeN4O/c1-34(2)26-17-15-23(20-31(26)37-21-36(3)29-12-8-10-27(34)33(29)37)39-22-14-16-25-24-9-4-5-11-28(24)38(30(25)19-22)32-13-6-7-18-35-32/h4-20H,21H2,1-3H3. The van der Waals surface area contributed by atoms with Crippen LogP contribution in [0.15, 0.2) is 103 Å². The Morgan fingerprint density at radius 3 is 2.38 bits per heavy atom. The van der Waals surface area contributed by atoms with E-state index in [9.17, 15) is 0 Å². The molecule has 190 valence electrons. The summed E-state index contributed by atoms with van der Waals surface area (Å²) in [7, 11) is 2.18. The predicted octanol–water partition coefficient (Wildman–Crippen LogP) is 6.65. The van der Waals surface area contributed by atoms with Crippen molar-refractivity contribution in [1.29, 1.82) is 0 Å². The topological polar surface area (TPSA) is 33.5 Å². The Morgan fingerprint density at radius 1 is 0.718 bits per heavy atom. The van der Waals surface area contributed by atoms with Crippen LogP contribution in [0.2, 0.25) is 11.5 Å². The summed E-state index contributed by atoms with van der Waals surface area (Å²) in [6.07, 6.45) is 1.84. The fraction of sp³-hybridized carbons (Fsp3) is 0.121. The average molecular weight is 569 g/mol. The Labute approximate surface area is 230 Å². The van der Waals surface area contributed by atoms with Gasteiger partial charge in [-0.05, 0) is 6.07 Å². The minimum absolute atomic E-state index is 0.818. The van der Waals surface area contributed by atoms with Crippen LogP contribution >= 0.6 is 0 Å². The SMILES string of the molecule is CN1CN2c3cc(Oc4ccc5c6ccccc6n(-c6ccccn6)c5c4)cc[c]3[Ge]([CH3])([CH3])[c]3cccc1c32. The van der Waals surface area contributed by atoms with Gasteiger partial charge in [-0.2, -0.15) is 0 Å². The average Bonchev–Trinajstić information content (AvgIpc) is 3.47. The van der Waals surface area contributed by atoms with E-state index in [0.717, 1.165) is 35.0 Å². The summed E-state index contributed by atoms with van der Waals surface area (Å²) in [6, 6.07) is 34.5. The van der Waals surface area contributed by atoms with Crippen molar-refractivity contribution < 1.29 is 4.74 Å². The molecule has 6 aromatic rings. The number of fused-ring (bicyclic) bond motifs is 5.